The minimum Gasteiger partial charge on any atom is -0.373 e. The second-order valence-corrected chi connectivity index (χ2v) is 8.16. The van der Waals surface area contributed by atoms with E-state index in [0.29, 0.717) is 13.1 Å². The van der Waals surface area contributed by atoms with Crippen LogP contribution in [0.3, 0.4) is 0 Å². The number of nitrogens with zero attached hydrogens (tertiary/aromatic N) is 1. The van der Waals surface area contributed by atoms with Crippen LogP contribution in [0.1, 0.15) is 10.4 Å². The van der Waals surface area contributed by atoms with Gasteiger partial charge >= 0.3 is 0 Å². The van der Waals surface area contributed by atoms with Crippen molar-refractivity contribution < 1.29 is 13.2 Å². The zero-order valence-electron chi connectivity index (χ0n) is 16.1. The van der Waals surface area contributed by atoms with Gasteiger partial charge in [0.05, 0.1) is 16.1 Å². The first kappa shape index (κ1) is 20.4. The van der Waals surface area contributed by atoms with Gasteiger partial charge in [0.25, 0.3) is 15.9 Å². The van der Waals surface area contributed by atoms with Crippen molar-refractivity contribution in [3.63, 3.8) is 0 Å². The molecule has 2 N–H and O–H groups in total. The molecule has 0 heterocycles. The fraction of sp³-hybridized carbons (Fsp3) is 0.136. The number of amides is 1. The van der Waals surface area contributed by atoms with Crippen molar-refractivity contribution in [2.24, 2.45) is 0 Å². The van der Waals surface area contributed by atoms with E-state index in [1.165, 1.54) is 12.1 Å². The minimum absolute atomic E-state index is 0.139. The Labute approximate surface area is 171 Å². The van der Waals surface area contributed by atoms with Crippen LogP contribution < -0.4 is 14.9 Å². The maximum absolute atomic E-state index is 12.6. The smallest absolute Gasteiger partial charge is 0.261 e. The van der Waals surface area contributed by atoms with Crippen molar-refractivity contribution in [3.8, 4) is 0 Å². The third-order valence-corrected chi connectivity index (χ3v) is 5.78. The number of sulfonamides is 1. The highest BCUT2D eigenvalue weighted by atomic mass is 32.2. The van der Waals surface area contributed by atoms with Crippen LogP contribution in [0.15, 0.2) is 89.8 Å². The van der Waals surface area contributed by atoms with E-state index in [1.807, 2.05) is 42.3 Å². The number of para-hydroxylation sites is 2. The SMILES string of the molecule is CN(CCNC(=O)c1ccccc1NS(=O)(=O)c1ccccc1)c1ccccc1. The van der Waals surface area contributed by atoms with E-state index >= 15 is 0 Å². The van der Waals surface area contributed by atoms with Gasteiger partial charge in [-0.25, -0.2) is 8.42 Å². The topological polar surface area (TPSA) is 78.5 Å². The molecule has 0 spiro atoms. The first-order valence-electron chi connectivity index (χ1n) is 9.19. The molecule has 1 amide bonds. The molecule has 0 saturated heterocycles. The van der Waals surface area contributed by atoms with Gasteiger partial charge in [-0.15, -0.1) is 0 Å². The van der Waals surface area contributed by atoms with Gasteiger partial charge in [-0.3, -0.25) is 9.52 Å². The molecular formula is C22H23N3O3S. The standard InChI is InChI=1S/C22H23N3O3S/c1-25(18-10-4-2-5-11-18)17-16-23-22(26)20-14-8-9-15-21(20)24-29(27,28)19-12-6-3-7-13-19/h2-15,24H,16-17H2,1H3,(H,23,26). The van der Waals surface area contributed by atoms with Crippen molar-refractivity contribution in [2.45, 2.75) is 4.90 Å². The molecule has 3 aromatic carbocycles. The molecule has 7 heteroatoms. The Hall–Kier alpha value is -3.32. The van der Waals surface area contributed by atoms with Gasteiger partial charge in [-0.1, -0.05) is 48.5 Å². The van der Waals surface area contributed by atoms with E-state index in [1.54, 1.807) is 42.5 Å². The number of carbonyl (C=O) groups excluding carboxylic acids is 1. The van der Waals surface area contributed by atoms with Crippen LogP contribution in [-0.2, 0) is 10.0 Å². The van der Waals surface area contributed by atoms with E-state index in [4.69, 9.17) is 0 Å². The van der Waals surface area contributed by atoms with E-state index < -0.39 is 10.0 Å². The molecule has 0 aromatic heterocycles. The number of rotatable bonds is 8. The summed E-state index contributed by atoms with van der Waals surface area (Å²) in [6.07, 6.45) is 0. The Morgan fingerprint density at radius 2 is 1.45 bits per heavy atom. The number of hydrogen-bond acceptors (Lipinski definition) is 4. The third kappa shape index (κ3) is 5.36. The van der Waals surface area contributed by atoms with E-state index in [2.05, 4.69) is 10.0 Å². The summed E-state index contributed by atoms with van der Waals surface area (Å²) < 4.78 is 27.7. The van der Waals surface area contributed by atoms with Crippen LogP contribution in [0.2, 0.25) is 0 Å². The maximum atomic E-state index is 12.6. The first-order valence-corrected chi connectivity index (χ1v) is 10.7. The lowest BCUT2D eigenvalue weighted by Crippen LogP contribution is -2.33. The fourth-order valence-corrected chi connectivity index (χ4v) is 3.92. The Morgan fingerprint density at radius 3 is 2.14 bits per heavy atom. The van der Waals surface area contributed by atoms with E-state index in [-0.39, 0.29) is 22.1 Å². The van der Waals surface area contributed by atoms with Gasteiger partial charge in [0.2, 0.25) is 0 Å². The Morgan fingerprint density at radius 1 is 0.862 bits per heavy atom. The number of likely N-dealkylation sites (N-methyl/N-ethyl adjacent to an activating group) is 1. The summed E-state index contributed by atoms with van der Waals surface area (Å²) >= 11 is 0. The Bertz CT molecular complexity index is 1050. The molecule has 0 unspecified atom stereocenters. The van der Waals surface area contributed by atoms with Crippen molar-refractivity contribution >= 4 is 27.3 Å². The molecule has 0 atom stereocenters. The van der Waals surface area contributed by atoms with Crippen molar-refractivity contribution in [2.75, 3.05) is 29.8 Å². The number of anilines is 2. The largest absolute Gasteiger partial charge is 0.373 e. The number of nitrogens with one attached hydrogen (secondary N) is 2. The molecule has 29 heavy (non-hydrogen) atoms. The molecule has 0 fully saturated rings. The van der Waals surface area contributed by atoms with Crippen LogP contribution in [0.5, 0.6) is 0 Å². The molecule has 150 valence electrons. The average Bonchev–Trinajstić information content (AvgIpc) is 2.75. The molecule has 3 rings (SSSR count). The molecule has 0 saturated carbocycles. The number of carbonyl (C=O) groups is 1. The molecule has 6 nitrogen and oxygen atoms in total. The normalized spacial score (nSPS) is 10.9. The fourth-order valence-electron chi connectivity index (χ4n) is 2.82. The molecule has 0 aliphatic rings. The zero-order chi connectivity index (χ0) is 20.7. The second kappa shape index (κ2) is 9.25. The van der Waals surface area contributed by atoms with Gasteiger partial charge in [0, 0.05) is 25.8 Å². The summed E-state index contributed by atoms with van der Waals surface area (Å²) in [6.45, 7) is 1.04. The van der Waals surface area contributed by atoms with Crippen LogP contribution in [-0.4, -0.2) is 34.5 Å². The van der Waals surface area contributed by atoms with Crippen LogP contribution >= 0.6 is 0 Å². The maximum Gasteiger partial charge on any atom is 0.261 e. The highest BCUT2D eigenvalue weighted by Crippen LogP contribution is 2.20. The summed E-state index contributed by atoms with van der Waals surface area (Å²) in [7, 11) is -1.83. The zero-order valence-corrected chi connectivity index (χ0v) is 16.9. The van der Waals surface area contributed by atoms with Crippen LogP contribution in [0, 0.1) is 0 Å². The summed E-state index contributed by atoms with van der Waals surface area (Å²) in [6, 6.07) is 24.5. The molecular weight excluding hydrogens is 386 g/mol. The van der Waals surface area contributed by atoms with Crippen LogP contribution in [0.4, 0.5) is 11.4 Å². The van der Waals surface area contributed by atoms with Gasteiger partial charge < -0.3 is 10.2 Å². The van der Waals surface area contributed by atoms with E-state index in [0.717, 1.165) is 5.69 Å². The molecule has 0 radical (unpaired) electrons. The summed E-state index contributed by atoms with van der Waals surface area (Å²) in [5.41, 5.74) is 1.57. The first-order chi connectivity index (χ1) is 14.0. The summed E-state index contributed by atoms with van der Waals surface area (Å²) in [4.78, 5) is 14.8. The Balaban J connectivity index is 1.66. The second-order valence-electron chi connectivity index (χ2n) is 6.48. The van der Waals surface area contributed by atoms with Gasteiger partial charge in [-0.05, 0) is 36.4 Å². The minimum atomic E-state index is -3.78. The lowest BCUT2D eigenvalue weighted by atomic mass is 10.1. The number of benzene rings is 3. The Kier molecular flexibility index (Phi) is 6.51. The molecule has 3 aromatic rings. The summed E-state index contributed by atoms with van der Waals surface area (Å²) in [5, 5.41) is 2.85. The van der Waals surface area contributed by atoms with Crippen LogP contribution in [0.25, 0.3) is 0 Å². The van der Waals surface area contributed by atoms with Gasteiger partial charge in [0.15, 0.2) is 0 Å². The average molecular weight is 410 g/mol. The molecule has 0 bridgehead atoms. The number of hydrogen-bond donors (Lipinski definition) is 2. The van der Waals surface area contributed by atoms with Gasteiger partial charge in [0.1, 0.15) is 0 Å². The lowest BCUT2D eigenvalue weighted by molar-refractivity contribution is 0.0955. The lowest BCUT2D eigenvalue weighted by Gasteiger charge is -2.19. The quantitative estimate of drug-likeness (QED) is 0.598. The van der Waals surface area contributed by atoms with Crippen molar-refractivity contribution in [1.29, 1.82) is 0 Å². The monoisotopic (exact) mass is 409 g/mol. The molecule has 0 aliphatic heterocycles. The van der Waals surface area contributed by atoms with E-state index in [9.17, 15) is 13.2 Å². The predicted molar refractivity (Wildman–Crippen MR) is 116 cm³/mol. The summed E-state index contributed by atoms with van der Waals surface area (Å²) in [5.74, 6) is -0.335. The molecule has 0 aliphatic carbocycles. The highest BCUT2D eigenvalue weighted by molar-refractivity contribution is 7.92. The predicted octanol–water partition coefficient (Wildman–Crippen LogP) is 3.35. The van der Waals surface area contributed by atoms with Crippen molar-refractivity contribution in [1.82, 2.24) is 5.32 Å². The van der Waals surface area contributed by atoms with Gasteiger partial charge in [-0.2, -0.15) is 0 Å². The highest BCUT2D eigenvalue weighted by Gasteiger charge is 2.18. The van der Waals surface area contributed by atoms with Crippen molar-refractivity contribution in [3.05, 3.63) is 90.5 Å². The third-order valence-electron chi connectivity index (χ3n) is 4.40.